The molecule has 1 saturated carbocycles. The van der Waals surface area contributed by atoms with E-state index in [1.807, 2.05) is 6.92 Å². The highest BCUT2D eigenvalue weighted by molar-refractivity contribution is 5.61. The Morgan fingerprint density at radius 3 is 2.65 bits per heavy atom. The van der Waals surface area contributed by atoms with E-state index in [-0.39, 0.29) is 0 Å². The summed E-state index contributed by atoms with van der Waals surface area (Å²) in [6.45, 7) is 4.22. The summed E-state index contributed by atoms with van der Waals surface area (Å²) in [6.07, 6.45) is 7.00. The van der Waals surface area contributed by atoms with Crippen molar-refractivity contribution in [2.45, 2.75) is 45.6 Å². The van der Waals surface area contributed by atoms with Gasteiger partial charge in [0.1, 0.15) is 12.0 Å². The van der Waals surface area contributed by atoms with Crippen LogP contribution in [0.2, 0.25) is 0 Å². The topological polar surface area (TPSA) is 38.1 Å². The van der Waals surface area contributed by atoms with Gasteiger partial charge in [0.05, 0.1) is 0 Å². The van der Waals surface area contributed by atoms with E-state index >= 15 is 0 Å². The van der Waals surface area contributed by atoms with Gasteiger partial charge in [-0.3, -0.25) is 0 Å². The second-order valence-corrected chi connectivity index (χ2v) is 5.94. The standard InChI is InChI=1S/C17H22N2O/c1-12-4-3-5-16(10-12)19-15-8-6-14(7-9-15)17-11-20-13(2)18-17/h6-9,11-12,16,19H,3-5,10H2,1-2H3. The van der Waals surface area contributed by atoms with Crippen LogP contribution in [0.1, 0.15) is 38.5 Å². The van der Waals surface area contributed by atoms with Crippen LogP contribution >= 0.6 is 0 Å². The second-order valence-electron chi connectivity index (χ2n) is 5.94. The Balaban J connectivity index is 1.67. The zero-order valence-electron chi connectivity index (χ0n) is 12.2. The van der Waals surface area contributed by atoms with Crippen LogP contribution in [0.5, 0.6) is 0 Å². The number of rotatable bonds is 3. The highest BCUT2D eigenvalue weighted by atomic mass is 16.3. The van der Waals surface area contributed by atoms with Crippen LogP contribution in [0, 0.1) is 12.8 Å². The van der Waals surface area contributed by atoms with Gasteiger partial charge in [0.15, 0.2) is 5.89 Å². The van der Waals surface area contributed by atoms with Crippen LogP contribution in [0.4, 0.5) is 5.69 Å². The molecule has 1 aliphatic rings. The maximum atomic E-state index is 5.26. The fraction of sp³-hybridized carbons (Fsp3) is 0.471. The number of aryl methyl sites for hydroxylation is 1. The molecule has 0 amide bonds. The Hall–Kier alpha value is -1.77. The first-order valence-corrected chi connectivity index (χ1v) is 7.50. The largest absolute Gasteiger partial charge is 0.449 e. The summed E-state index contributed by atoms with van der Waals surface area (Å²) in [5, 5.41) is 3.65. The monoisotopic (exact) mass is 270 g/mol. The number of hydrogen-bond donors (Lipinski definition) is 1. The summed E-state index contributed by atoms with van der Waals surface area (Å²) in [5.41, 5.74) is 3.21. The molecule has 0 spiro atoms. The van der Waals surface area contributed by atoms with E-state index in [2.05, 4.69) is 41.5 Å². The zero-order chi connectivity index (χ0) is 13.9. The molecule has 1 heterocycles. The van der Waals surface area contributed by atoms with Gasteiger partial charge >= 0.3 is 0 Å². The van der Waals surface area contributed by atoms with E-state index < -0.39 is 0 Å². The van der Waals surface area contributed by atoms with Crippen molar-refractivity contribution >= 4 is 5.69 Å². The third kappa shape index (κ3) is 3.03. The Labute approximate surface area is 120 Å². The van der Waals surface area contributed by atoms with Crippen molar-refractivity contribution in [3.05, 3.63) is 36.4 Å². The Kier molecular flexibility index (Phi) is 3.77. The summed E-state index contributed by atoms with van der Waals surface area (Å²) < 4.78 is 5.26. The summed E-state index contributed by atoms with van der Waals surface area (Å²) in [7, 11) is 0. The molecule has 1 fully saturated rings. The first kappa shape index (κ1) is 13.2. The highest BCUT2D eigenvalue weighted by Crippen LogP contribution is 2.27. The van der Waals surface area contributed by atoms with Gasteiger partial charge in [-0.25, -0.2) is 4.98 Å². The Bertz CT molecular complexity index is 559. The average Bonchev–Trinajstić information content (AvgIpc) is 2.86. The molecule has 1 aromatic heterocycles. The van der Waals surface area contributed by atoms with Crippen LogP contribution in [-0.4, -0.2) is 11.0 Å². The molecule has 1 aliphatic carbocycles. The van der Waals surface area contributed by atoms with E-state index in [1.54, 1.807) is 6.26 Å². The van der Waals surface area contributed by atoms with E-state index in [1.165, 1.54) is 31.4 Å². The molecule has 3 nitrogen and oxygen atoms in total. The number of nitrogens with zero attached hydrogens (tertiary/aromatic N) is 1. The highest BCUT2D eigenvalue weighted by Gasteiger charge is 2.18. The molecular weight excluding hydrogens is 248 g/mol. The van der Waals surface area contributed by atoms with Crippen molar-refractivity contribution < 1.29 is 4.42 Å². The summed E-state index contributed by atoms with van der Waals surface area (Å²) in [4.78, 5) is 4.35. The van der Waals surface area contributed by atoms with Gasteiger partial charge < -0.3 is 9.73 Å². The van der Waals surface area contributed by atoms with E-state index in [9.17, 15) is 0 Å². The molecular formula is C17H22N2O. The average molecular weight is 270 g/mol. The van der Waals surface area contributed by atoms with Crippen molar-refractivity contribution in [2.75, 3.05) is 5.32 Å². The number of oxazole rings is 1. The van der Waals surface area contributed by atoms with Crippen molar-refractivity contribution in [1.82, 2.24) is 4.98 Å². The first-order chi connectivity index (χ1) is 9.70. The smallest absolute Gasteiger partial charge is 0.191 e. The van der Waals surface area contributed by atoms with Crippen LogP contribution in [0.15, 0.2) is 34.9 Å². The molecule has 2 unspecified atom stereocenters. The molecule has 3 rings (SSSR count). The first-order valence-electron chi connectivity index (χ1n) is 7.50. The lowest BCUT2D eigenvalue weighted by Gasteiger charge is -2.28. The summed E-state index contributed by atoms with van der Waals surface area (Å²) in [6, 6.07) is 9.11. The fourth-order valence-electron chi connectivity index (χ4n) is 3.03. The van der Waals surface area contributed by atoms with Crippen molar-refractivity contribution in [2.24, 2.45) is 5.92 Å². The summed E-state index contributed by atoms with van der Waals surface area (Å²) >= 11 is 0. The second kappa shape index (κ2) is 5.70. The maximum absolute atomic E-state index is 5.26. The van der Waals surface area contributed by atoms with Gasteiger partial charge in [0.2, 0.25) is 0 Å². The third-order valence-corrected chi connectivity index (χ3v) is 4.11. The molecule has 20 heavy (non-hydrogen) atoms. The zero-order valence-corrected chi connectivity index (χ0v) is 12.2. The van der Waals surface area contributed by atoms with Crippen molar-refractivity contribution in [3.8, 4) is 11.3 Å². The van der Waals surface area contributed by atoms with Gasteiger partial charge in [-0.15, -0.1) is 0 Å². The van der Waals surface area contributed by atoms with Crippen molar-refractivity contribution in [1.29, 1.82) is 0 Å². The number of hydrogen-bond acceptors (Lipinski definition) is 3. The minimum Gasteiger partial charge on any atom is -0.449 e. The Morgan fingerprint density at radius 1 is 1.20 bits per heavy atom. The minimum atomic E-state index is 0.624. The molecule has 2 aromatic rings. The van der Waals surface area contributed by atoms with E-state index in [0.717, 1.165) is 17.2 Å². The number of anilines is 1. The van der Waals surface area contributed by atoms with Gasteiger partial charge in [0, 0.05) is 24.2 Å². The predicted molar refractivity (Wildman–Crippen MR) is 81.7 cm³/mol. The van der Waals surface area contributed by atoms with Crippen LogP contribution in [-0.2, 0) is 0 Å². The predicted octanol–water partition coefficient (Wildman–Crippen LogP) is 4.64. The maximum Gasteiger partial charge on any atom is 0.191 e. The number of benzene rings is 1. The molecule has 1 aromatic carbocycles. The van der Waals surface area contributed by atoms with E-state index in [4.69, 9.17) is 4.42 Å². The molecule has 0 aliphatic heterocycles. The van der Waals surface area contributed by atoms with Gasteiger partial charge in [-0.1, -0.05) is 31.9 Å². The minimum absolute atomic E-state index is 0.624. The van der Waals surface area contributed by atoms with Crippen LogP contribution in [0.25, 0.3) is 11.3 Å². The SMILES string of the molecule is Cc1nc(-c2ccc(NC3CCCC(C)C3)cc2)co1. The molecule has 0 saturated heterocycles. The molecule has 3 heteroatoms. The van der Waals surface area contributed by atoms with E-state index in [0.29, 0.717) is 11.9 Å². The fourth-order valence-corrected chi connectivity index (χ4v) is 3.03. The lowest BCUT2D eigenvalue weighted by molar-refractivity contribution is 0.358. The van der Waals surface area contributed by atoms with Crippen LogP contribution < -0.4 is 5.32 Å². The Morgan fingerprint density at radius 2 is 2.00 bits per heavy atom. The van der Waals surface area contributed by atoms with Gasteiger partial charge in [-0.2, -0.15) is 0 Å². The third-order valence-electron chi connectivity index (χ3n) is 4.11. The number of aromatic nitrogens is 1. The quantitative estimate of drug-likeness (QED) is 0.882. The lowest BCUT2D eigenvalue weighted by atomic mass is 9.87. The van der Waals surface area contributed by atoms with Crippen LogP contribution in [0.3, 0.4) is 0 Å². The van der Waals surface area contributed by atoms with Gasteiger partial charge in [0.25, 0.3) is 0 Å². The lowest BCUT2D eigenvalue weighted by Crippen LogP contribution is -2.26. The molecule has 0 bridgehead atoms. The molecule has 1 N–H and O–H groups in total. The molecule has 0 radical (unpaired) electrons. The molecule has 2 atom stereocenters. The summed E-state index contributed by atoms with van der Waals surface area (Å²) in [5.74, 6) is 1.55. The number of nitrogens with one attached hydrogen (secondary N) is 1. The normalized spacial score (nSPS) is 22.7. The van der Waals surface area contributed by atoms with Crippen molar-refractivity contribution in [3.63, 3.8) is 0 Å². The molecule has 106 valence electrons. The van der Waals surface area contributed by atoms with Gasteiger partial charge in [-0.05, 0) is 30.9 Å².